The lowest BCUT2D eigenvalue weighted by Crippen LogP contribution is -2.01. The van der Waals surface area contributed by atoms with Gasteiger partial charge >= 0.3 is 0 Å². The molecule has 2 rings (SSSR count). The third kappa shape index (κ3) is 4.08. The van der Waals surface area contributed by atoms with Crippen molar-refractivity contribution >= 4 is 11.6 Å². The zero-order valence-electron chi connectivity index (χ0n) is 12.3. The summed E-state index contributed by atoms with van der Waals surface area (Å²) in [6.45, 7) is 4.78. The highest BCUT2D eigenvalue weighted by atomic mass is 35.5. The number of hydrogen-bond donors (Lipinski definition) is 0. The Hall–Kier alpha value is -1.81. The summed E-state index contributed by atoms with van der Waals surface area (Å²) in [7, 11) is 0. The molecule has 0 atom stereocenters. The van der Waals surface area contributed by atoms with Crippen LogP contribution in [-0.4, -0.2) is 16.6 Å². The molecule has 0 fully saturated rings. The molecule has 112 valence electrons. The summed E-state index contributed by atoms with van der Waals surface area (Å²) in [5.41, 5.74) is 0.826. The van der Waals surface area contributed by atoms with Gasteiger partial charge in [0, 0.05) is 0 Å². The lowest BCUT2D eigenvalue weighted by molar-refractivity contribution is 0.300. The van der Waals surface area contributed by atoms with E-state index in [4.69, 9.17) is 21.1 Å². The van der Waals surface area contributed by atoms with Crippen LogP contribution in [0.2, 0.25) is 5.15 Å². The average molecular weight is 307 g/mol. The van der Waals surface area contributed by atoms with Crippen molar-refractivity contribution in [3.05, 3.63) is 41.3 Å². The minimum absolute atomic E-state index is 0.439. The van der Waals surface area contributed by atoms with E-state index >= 15 is 0 Å². The minimum Gasteiger partial charge on any atom is -0.490 e. The van der Waals surface area contributed by atoms with Crippen LogP contribution in [0.5, 0.6) is 17.4 Å². The van der Waals surface area contributed by atoms with E-state index in [1.807, 2.05) is 24.3 Å². The van der Waals surface area contributed by atoms with Crippen molar-refractivity contribution in [1.82, 2.24) is 9.97 Å². The maximum Gasteiger partial charge on any atom is 0.227 e. The number of hydrogen-bond acceptors (Lipinski definition) is 4. The van der Waals surface area contributed by atoms with Crippen LogP contribution in [-0.2, 0) is 6.42 Å². The number of nitrogens with zero attached hydrogens (tertiary/aromatic N) is 2. The molecule has 4 nitrogen and oxygen atoms in total. The lowest BCUT2D eigenvalue weighted by Gasteiger charge is -2.13. The first kappa shape index (κ1) is 15.6. The summed E-state index contributed by atoms with van der Waals surface area (Å²) in [5, 5.41) is 0.439. The Morgan fingerprint density at radius 2 is 1.81 bits per heavy atom. The summed E-state index contributed by atoms with van der Waals surface area (Å²) < 4.78 is 11.6. The van der Waals surface area contributed by atoms with Crippen LogP contribution in [0, 0.1) is 0 Å². The maximum atomic E-state index is 6.14. The predicted molar refractivity (Wildman–Crippen MR) is 83.3 cm³/mol. The van der Waals surface area contributed by atoms with Gasteiger partial charge < -0.3 is 9.47 Å². The van der Waals surface area contributed by atoms with Crippen molar-refractivity contribution in [3.63, 3.8) is 0 Å². The molecular weight excluding hydrogens is 288 g/mol. The van der Waals surface area contributed by atoms with Gasteiger partial charge in [-0.15, -0.1) is 0 Å². The van der Waals surface area contributed by atoms with Gasteiger partial charge in [0.2, 0.25) is 5.88 Å². The van der Waals surface area contributed by atoms with Gasteiger partial charge in [0.1, 0.15) is 11.5 Å². The fraction of sp³-hybridized carbons (Fsp3) is 0.375. The van der Waals surface area contributed by atoms with Gasteiger partial charge in [0.25, 0.3) is 0 Å². The Bertz CT molecular complexity index is 590. The standard InChI is InChI=1S/C16H19ClN2O2/c1-3-7-12-15(17)18-11-19-16(12)21-14-9-6-5-8-13(14)20-10-4-2/h5-6,8-9,11H,3-4,7,10H2,1-2H3. The zero-order chi connectivity index (χ0) is 15.1. The van der Waals surface area contributed by atoms with E-state index in [9.17, 15) is 0 Å². The maximum absolute atomic E-state index is 6.14. The molecule has 0 aliphatic rings. The van der Waals surface area contributed by atoms with Crippen molar-refractivity contribution in [2.45, 2.75) is 33.1 Å². The van der Waals surface area contributed by atoms with E-state index < -0.39 is 0 Å². The number of halogens is 1. The van der Waals surface area contributed by atoms with Crippen LogP contribution in [0.4, 0.5) is 0 Å². The second kappa shape index (κ2) is 7.84. The second-order valence-electron chi connectivity index (χ2n) is 4.60. The largest absolute Gasteiger partial charge is 0.490 e. The molecule has 0 saturated carbocycles. The Labute approximate surface area is 130 Å². The summed E-state index contributed by atoms with van der Waals surface area (Å²) in [6, 6.07) is 7.55. The van der Waals surface area contributed by atoms with Crippen LogP contribution in [0.3, 0.4) is 0 Å². The molecule has 21 heavy (non-hydrogen) atoms. The molecule has 2 aromatic rings. The van der Waals surface area contributed by atoms with E-state index in [2.05, 4.69) is 23.8 Å². The summed E-state index contributed by atoms with van der Waals surface area (Å²) >= 11 is 6.14. The molecule has 0 spiro atoms. The fourth-order valence-corrected chi connectivity index (χ4v) is 2.11. The molecule has 0 N–H and O–H groups in total. The normalized spacial score (nSPS) is 10.4. The highest BCUT2D eigenvalue weighted by Gasteiger charge is 2.13. The number of aromatic nitrogens is 2. The summed E-state index contributed by atoms with van der Waals surface area (Å²) in [6.07, 6.45) is 4.06. The third-order valence-electron chi connectivity index (χ3n) is 2.87. The topological polar surface area (TPSA) is 44.2 Å². The van der Waals surface area contributed by atoms with Crippen molar-refractivity contribution in [1.29, 1.82) is 0 Å². The Morgan fingerprint density at radius 3 is 2.52 bits per heavy atom. The number of para-hydroxylation sites is 2. The molecule has 1 aromatic heterocycles. The van der Waals surface area contributed by atoms with Gasteiger partial charge in [-0.3, -0.25) is 0 Å². The van der Waals surface area contributed by atoms with Gasteiger partial charge in [0.15, 0.2) is 11.5 Å². The van der Waals surface area contributed by atoms with Crippen molar-refractivity contribution in [3.8, 4) is 17.4 Å². The number of ether oxygens (including phenoxy) is 2. The van der Waals surface area contributed by atoms with E-state index in [-0.39, 0.29) is 0 Å². The monoisotopic (exact) mass is 306 g/mol. The fourth-order valence-electron chi connectivity index (χ4n) is 1.89. The van der Waals surface area contributed by atoms with Crippen molar-refractivity contribution in [2.75, 3.05) is 6.61 Å². The molecule has 0 aliphatic heterocycles. The lowest BCUT2D eigenvalue weighted by atomic mass is 10.2. The van der Waals surface area contributed by atoms with Crippen LogP contribution >= 0.6 is 11.6 Å². The SMILES string of the molecule is CCCOc1ccccc1Oc1ncnc(Cl)c1CCC. The van der Waals surface area contributed by atoms with E-state index in [1.54, 1.807) is 0 Å². The molecule has 0 radical (unpaired) electrons. The molecule has 1 heterocycles. The first-order chi connectivity index (χ1) is 10.3. The van der Waals surface area contributed by atoms with Gasteiger partial charge in [0.05, 0.1) is 12.2 Å². The molecule has 0 bridgehead atoms. The summed E-state index contributed by atoms with van der Waals surface area (Å²) in [4.78, 5) is 8.22. The minimum atomic E-state index is 0.439. The van der Waals surface area contributed by atoms with E-state index in [0.717, 1.165) is 24.8 Å². The predicted octanol–water partition coefficient (Wildman–Crippen LogP) is 4.66. The zero-order valence-corrected chi connectivity index (χ0v) is 13.1. The quantitative estimate of drug-likeness (QED) is 0.698. The highest BCUT2D eigenvalue weighted by molar-refractivity contribution is 6.30. The van der Waals surface area contributed by atoms with Crippen molar-refractivity contribution < 1.29 is 9.47 Å². The van der Waals surface area contributed by atoms with Crippen LogP contribution in [0.25, 0.3) is 0 Å². The van der Waals surface area contributed by atoms with E-state index in [1.165, 1.54) is 6.33 Å². The highest BCUT2D eigenvalue weighted by Crippen LogP contribution is 2.33. The smallest absolute Gasteiger partial charge is 0.227 e. The number of rotatable bonds is 7. The first-order valence-corrected chi connectivity index (χ1v) is 7.53. The van der Waals surface area contributed by atoms with Crippen LogP contribution in [0.1, 0.15) is 32.3 Å². The molecule has 0 aliphatic carbocycles. The Morgan fingerprint density at radius 1 is 1.05 bits per heavy atom. The second-order valence-corrected chi connectivity index (χ2v) is 4.95. The van der Waals surface area contributed by atoms with Gasteiger partial charge in [-0.2, -0.15) is 0 Å². The molecule has 0 amide bonds. The van der Waals surface area contributed by atoms with Crippen LogP contribution < -0.4 is 9.47 Å². The van der Waals surface area contributed by atoms with Gasteiger partial charge in [-0.1, -0.05) is 44.0 Å². The van der Waals surface area contributed by atoms with Gasteiger partial charge in [-0.05, 0) is 25.0 Å². The molecule has 5 heteroatoms. The van der Waals surface area contributed by atoms with E-state index in [0.29, 0.717) is 29.1 Å². The first-order valence-electron chi connectivity index (χ1n) is 7.15. The Kier molecular flexibility index (Phi) is 5.81. The average Bonchev–Trinajstić information content (AvgIpc) is 2.50. The van der Waals surface area contributed by atoms with Gasteiger partial charge in [-0.25, -0.2) is 9.97 Å². The van der Waals surface area contributed by atoms with Crippen LogP contribution in [0.15, 0.2) is 30.6 Å². The Balaban J connectivity index is 2.28. The summed E-state index contributed by atoms with van der Waals surface area (Å²) in [5.74, 6) is 1.83. The molecule has 1 aromatic carbocycles. The third-order valence-corrected chi connectivity index (χ3v) is 3.20. The molecule has 0 saturated heterocycles. The molecular formula is C16H19ClN2O2. The number of benzene rings is 1. The van der Waals surface area contributed by atoms with Crippen molar-refractivity contribution in [2.24, 2.45) is 0 Å². The molecule has 0 unspecified atom stereocenters.